The molecule has 140 valence electrons. The zero-order chi connectivity index (χ0) is 19.3. The highest BCUT2D eigenvalue weighted by Gasteiger charge is 2.35. The van der Waals surface area contributed by atoms with Crippen molar-refractivity contribution in [2.24, 2.45) is 0 Å². The van der Waals surface area contributed by atoms with Gasteiger partial charge in [0.2, 0.25) is 0 Å². The van der Waals surface area contributed by atoms with Crippen molar-refractivity contribution in [3.05, 3.63) is 77.2 Å². The third-order valence-corrected chi connectivity index (χ3v) is 4.72. The van der Waals surface area contributed by atoms with Crippen molar-refractivity contribution in [2.75, 3.05) is 0 Å². The molecule has 1 saturated heterocycles. The van der Waals surface area contributed by atoms with Gasteiger partial charge in [0.1, 0.15) is 0 Å². The fourth-order valence-corrected chi connectivity index (χ4v) is 3.38. The average Bonchev–Trinajstić information content (AvgIpc) is 2.65. The number of urea groups is 1. The Labute approximate surface area is 157 Å². The lowest BCUT2D eigenvalue weighted by Crippen LogP contribution is -2.55. The molecule has 1 heterocycles. The number of rotatable bonds is 6. The van der Waals surface area contributed by atoms with E-state index in [0.29, 0.717) is 12.0 Å². The van der Waals surface area contributed by atoms with Gasteiger partial charge in [-0.05, 0) is 23.6 Å². The number of hydrogen-bond acceptors (Lipinski definition) is 5. The number of carbonyl (C=O) groups is 2. The van der Waals surface area contributed by atoms with Crippen molar-refractivity contribution in [3.8, 4) is 0 Å². The average molecular weight is 386 g/mol. The second-order valence-electron chi connectivity index (χ2n) is 6.01. The summed E-state index contributed by atoms with van der Waals surface area (Å²) in [5, 5.41) is 3.65. The van der Waals surface area contributed by atoms with E-state index < -0.39 is 28.1 Å². The van der Waals surface area contributed by atoms with Crippen molar-refractivity contribution >= 4 is 28.1 Å². The smallest absolute Gasteiger partial charge is 0.332 e. The first-order valence-electron chi connectivity index (χ1n) is 8.28. The highest BCUT2D eigenvalue weighted by Crippen LogP contribution is 2.15. The summed E-state index contributed by atoms with van der Waals surface area (Å²) in [7, 11) is -4.26. The van der Waals surface area contributed by atoms with Gasteiger partial charge >= 0.3 is 16.1 Å². The summed E-state index contributed by atoms with van der Waals surface area (Å²) < 4.78 is 28.8. The van der Waals surface area contributed by atoms with Gasteiger partial charge in [-0.1, -0.05) is 60.7 Å². The lowest BCUT2D eigenvalue weighted by atomic mass is 10.0. The van der Waals surface area contributed by atoms with Crippen molar-refractivity contribution in [3.63, 3.8) is 0 Å². The Balaban J connectivity index is 1.63. The predicted octanol–water partition coefficient (Wildman–Crippen LogP) is 2.47. The number of nitrogens with zero attached hydrogens (tertiary/aromatic N) is 1. The van der Waals surface area contributed by atoms with Gasteiger partial charge in [0.15, 0.2) is 0 Å². The summed E-state index contributed by atoms with van der Waals surface area (Å²) in [6.07, 6.45) is 1.73. The summed E-state index contributed by atoms with van der Waals surface area (Å²) in [6.45, 7) is 0. The minimum Gasteiger partial charge on any atom is -0.332 e. The minimum atomic E-state index is -4.26. The Hall–Kier alpha value is -2.97. The fraction of sp³-hybridized carbons (Fsp3) is 0.158. The summed E-state index contributed by atoms with van der Waals surface area (Å²) >= 11 is 0. The third kappa shape index (κ3) is 5.25. The SMILES string of the molecule is O=C1CC(Cc2ccccc2)NC(=O)N1OS(=O)(=O)/C=C/c1ccccc1. The topological polar surface area (TPSA) is 92.8 Å². The molecule has 8 heteroatoms. The van der Waals surface area contributed by atoms with Gasteiger partial charge < -0.3 is 5.32 Å². The largest absolute Gasteiger partial charge is 0.350 e. The maximum absolute atomic E-state index is 12.2. The number of amides is 3. The Morgan fingerprint density at radius 1 is 1.04 bits per heavy atom. The van der Waals surface area contributed by atoms with E-state index in [1.165, 1.54) is 6.08 Å². The number of hydrogen-bond donors (Lipinski definition) is 1. The van der Waals surface area contributed by atoms with Crippen LogP contribution >= 0.6 is 0 Å². The molecular weight excluding hydrogens is 368 g/mol. The first-order valence-corrected chi connectivity index (χ1v) is 9.75. The molecule has 0 aromatic heterocycles. The second-order valence-corrected chi connectivity index (χ2v) is 7.42. The van der Waals surface area contributed by atoms with Crippen molar-refractivity contribution in [2.45, 2.75) is 18.9 Å². The van der Waals surface area contributed by atoms with E-state index >= 15 is 0 Å². The highest BCUT2D eigenvalue weighted by atomic mass is 32.2. The van der Waals surface area contributed by atoms with Crippen LogP contribution in [0.4, 0.5) is 4.79 Å². The summed E-state index contributed by atoms with van der Waals surface area (Å²) in [5.41, 5.74) is 1.60. The van der Waals surface area contributed by atoms with Crippen LogP contribution in [0.1, 0.15) is 17.5 Å². The molecule has 0 aliphatic carbocycles. The number of carbonyl (C=O) groups excluding carboxylic acids is 2. The van der Waals surface area contributed by atoms with E-state index in [2.05, 4.69) is 9.60 Å². The molecule has 1 unspecified atom stereocenters. The van der Waals surface area contributed by atoms with E-state index in [0.717, 1.165) is 11.0 Å². The fourth-order valence-electron chi connectivity index (χ4n) is 2.64. The molecule has 1 aliphatic rings. The van der Waals surface area contributed by atoms with E-state index in [1.807, 2.05) is 30.3 Å². The minimum absolute atomic E-state index is 0.0570. The van der Waals surface area contributed by atoms with Crippen LogP contribution < -0.4 is 5.32 Å². The molecule has 2 aromatic rings. The molecule has 0 saturated carbocycles. The molecule has 0 spiro atoms. The zero-order valence-electron chi connectivity index (χ0n) is 14.3. The van der Waals surface area contributed by atoms with E-state index in [9.17, 15) is 18.0 Å². The van der Waals surface area contributed by atoms with Crippen molar-refractivity contribution < 1.29 is 22.3 Å². The van der Waals surface area contributed by atoms with Crippen molar-refractivity contribution in [1.82, 2.24) is 10.4 Å². The lowest BCUT2D eigenvalue weighted by molar-refractivity contribution is -0.149. The predicted molar refractivity (Wildman–Crippen MR) is 99.4 cm³/mol. The van der Waals surface area contributed by atoms with Crippen LogP contribution in [0, 0.1) is 0 Å². The van der Waals surface area contributed by atoms with Crippen LogP contribution in [0.5, 0.6) is 0 Å². The number of benzene rings is 2. The van der Waals surface area contributed by atoms with Crippen LogP contribution in [-0.4, -0.2) is 31.5 Å². The van der Waals surface area contributed by atoms with Crippen molar-refractivity contribution in [1.29, 1.82) is 0 Å². The highest BCUT2D eigenvalue weighted by molar-refractivity contribution is 7.89. The molecule has 3 rings (SSSR count). The molecule has 27 heavy (non-hydrogen) atoms. The number of imide groups is 1. The molecule has 0 bridgehead atoms. The number of nitrogens with one attached hydrogen (secondary N) is 1. The van der Waals surface area contributed by atoms with E-state index in [-0.39, 0.29) is 11.5 Å². The normalized spacial score (nSPS) is 17.9. The van der Waals surface area contributed by atoms with Gasteiger partial charge in [-0.3, -0.25) is 4.79 Å². The maximum Gasteiger partial charge on any atom is 0.350 e. The Kier molecular flexibility index (Phi) is 5.68. The van der Waals surface area contributed by atoms with E-state index in [4.69, 9.17) is 0 Å². The van der Waals surface area contributed by atoms with Gasteiger partial charge in [0.05, 0.1) is 11.8 Å². The molecular formula is C19H18N2O5S. The summed E-state index contributed by atoms with van der Waals surface area (Å²) in [4.78, 5) is 24.3. The molecule has 1 aliphatic heterocycles. The Morgan fingerprint density at radius 3 is 2.30 bits per heavy atom. The molecule has 3 amide bonds. The summed E-state index contributed by atoms with van der Waals surface area (Å²) in [5.74, 6) is -0.712. The molecule has 0 radical (unpaired) electrons. The zero-order valence-corrected chi connectivity index (χ0v) is 15.1. The first kappa shape index (κ1) is 18.8. The van der Waals surface area contributed by atoms with Gasteiger partial charge in [-0.15, -0.1) is 9.35 Å². The van der Waals surface area contributed by atoms with Gasteiger partial charge in [-0.25, -0.2) is 4.79 Å². The second kappa shape index (κ2) is 8.15. The van der Waals surface area contributed by atoms with E-state index in [1.54, 1.807) is 30.3 Å². The molecule has 1 fully saturated rings. The first-order chi connectivity index (χ1) is 12.9. The van der Waals surface area contributed by atoms with Crippen LogP contribution in [-0.2, 0) is 25.6 Å². The molecule has 1 N–H and O–H groups in total. The third-order valence-electron chi connectivity index (χ3n) is 3.89. The Morgan fingerprint density at radius 2 is 1.67 bits per heavy atom. The number of hydroxylamine groups is 2. The molecule has 2 aromatic carbocycles. The van der Waals surface area contributed by atoms with Crippen LogP contribution in [0.25, 0.3) is 6.08 Å². The van der Waals surface area contributed by atoms with Crippen LogP contribution in [0.3, 0.4) is 0 Å². The maximum atomic E-state index is 12.2. The standard InChI is InChI=1S/C19H18N2O5S/c22-18-14-17(13-16-9-5-2-6-10-16)20-19(23)21(18)26-27(24,25)12-11-15-7-3-1-4-8-15/h1-12,17H,13-14H2,(H,20,23)/b12-11+. The van der Waals surface area contributed by atoms with Crippen LogP contribution in [0.2, 0.25) is 0 Å². The summed E-state index contributed by atoms with van der Waals surface area (Å²) in [6, 6.07) is 16.8. The molecule has 7 nitrogen and oxygen atoms in total. The van der Waals surface area contributed by atoms with Crippen LogP contribution in [0.15, 0.2) is 66.1 Å². The van der Waals surface area contributed by atoms with Gasteiger partial charge in [0.25, 0.3) is 5.91 Å². The lowest BCUT2D eigenvalue weighted by Gasteiger charge is -2.29. The molecule has 1 atom stereocenters. The van der Waals surface area contributed by atoms with Gasteiger partial charge in [0, 0.05) is 6.04 Å². The Bertz CT molecular complexity index is 925. The van der Waals surface area contributed by atoms with Gasteiger partial charge in [-0.2, -0.15) is 8.42 Å². The monoisotopic (exact) mass is 386 g/mol. The quantitative estimate of drug-likeness (QED) is 0.823.